The molecule has 1 aliphatic carbocycles. The molecule has 70 valence electrons. The minimum Gasteiger partial charge on any atom is -0.398 e. The Kier molecular flexibility index (Phi) is 2.23. The molecule has 13 heavy (non-hydrogen) atoms. The molecule has 3 N–H and O–H groups in total. The number of nitrogens with two attached hydrogens (primary N) is 1. The monoisotopic (exact) mass is 177 g/mol. The van der Waals surface area contributed by atoms with E-state index < -0.39 is 0 Å². The minimum atomic E-state index is 0.0385. The molecule has 1 aromatic carbocycles. The summed E-state index contributed by atoms with van der Waals surface area (Å²) in [5.41, 5.74) is 8.69. The maximum absolute atomic E-state index is 8.94. The van der Waals surface area contributed by atoms with Gasteiger partial charge in [-0.3, -0.25) is 0 Å². The predicted octanol–water partition coefficient (Wildman–Crippen LogP) is 2.03. The summed E-state index contributed by atoms with van der Waals surface area (Å²) < 4.78 is 0. The van der Waals surface area contributed by atoms with E-state index in [1.165, 1.54) is 24.8 Å². The van der Waals surface area contributed by atoms with Crippen molar-refractivity contribution in [1.29, 1.82) is 0 Å². The molecule has 0 radical (unpaired) electrons. The molecule has 0 bridgehead atoms. The van der Waals surface area contributed by atoms with Crippen molar-refractivity contribution in [3.63, 3.8) is 0 Å². The van der Waals surface area contributed by atoms with Crippen molar-refractivity contribution in [1.82, 2.24) is 0 Å². The van der Waals surface area contributed by atoms with E-state index in [1.807, 2.05) is 12.1 Å². The van der Waals surface area contributed by atoms with E-state index in [2.05, 4.69) is 6.07 Å². The molecule has 0 aliphatic heterocycles. The van der Waals surface area contributed by atoms with Crippen LogP contribution < -0.4 is 5.73 Å². The fourth-order valence-corrected chi connectivity index (χ4v) is 1.75. The molecule has 2 rings (SSSR count). The molecular weight excluding hydrogens is 162 g/mol. The van der Waals surface area contributed by atoms with Gasteiger partial charge < -0.3 is 10.8 Å². The molecule has 1 aromatic rings. The highest BCUT2D eigenvalue weighted by molar-refractivity contribution is 5.49. The quantitative estimate of drug-likeness (QED) is 0.679. The van der Waals surface area contributed by atoms with Crippen LogP contribution in [0.2, 0.25) is 0 Å². The number of aliphatic hydroxyl groups is 1. The summed E-state index contributed by atoms with van der Waals surface area (Å²) >= 11 is 0. The summed E-state index contributed by atoms with van der Waals surface area (Å²) in [5, 5.41) is 8.94. The van der Waals surface area contributed by atoms with Gasteiger partial charge in [-0.15, -0.1) is 0 Å². The van der Waals surface area contributed by atoms with Crippen LogP contribution in [0.3, 0.4) is 0 Å². The van der Waals surface area contributed by atoms with Crippen LogP contribution in [0.5, 0.6) is 0 Å². The van der Waals surface area contributed by atoms with Crippen LogP contribution in [0, 0.1) is 0 Å². The molecule has 0 saturated heterocycles. The van der Waals surface area contributed by atoms with Gasteiger partial charge in [-0.2, -0.15) is 0 Å². The van der Waals surface area contributed by atoms with E-state index in [0.29, 0.717) is 0 Å². The zero-order valence-corrected chi connectivity index (χ0v) is 7.66. The Labute approximate surface area is 78.4 Å². The van der Waals surface area contributed by atoms with Gasteiger partial charge in [0.1, 0.15) is 0 Å². The second-order valence-electron chi connectivity index (χ2n) is 3.74. The Bertz CT molecular complexity index is 305. The standard InChI is InChI=1S/C11H15NO/c12-11-6-9(8-2-1-3-8)4-5-10(11)7-13/h4-6,8,13H,1-3,7,12H2. The Balaban J connectivity index is 2.24. The van der Waals surface area contributed by atoms with Gasteiger partial charge in [0, 0.05) is 11.3 Å². The Hall–Kier alpha value is -1.02. The first-order valence-corrected chi connectivity index (χ1v) is 4.80. The normalized spacial score (nSPS) is 17.0. The maximum Gasteiger partial charge on any atom is 0.0701 e. The summed E-state index contributed by atoms with van der Waals surface area (Å²) in [5.74, 6) is 0.718. The zero-order valence-electron chi connectivity index (χ0n) is 7.66. The fraction of sp³-hybridized carbons (Fsp3) is 0.455. The van der Waals surface area contributed by atoms with Gasteiger partial charge in [0.25, 0.3) is 0 Å². The average molecular weight is 177 g/mol. The number of rotatable bonds is 2. The van der Waals surface area contributed by atoms with E-state index in [4.69, 9.17) is 10.8 Å². The van der Waals surface area contributed by atoms with Crippen LogP contribution in [0.15, 0.2) is 18.2 Å². The molecule has 0 spiro atoms. The van der Waals surface area contributed by atoms with E-state index >= 15 is 0 Å². The molecule has 1 fully saturated rings. The molecule has 1 aliphatic rings. The van der Waals surface area contributed by atoms with Gasteiger partial charge in [0.2, 0.25) is 0 Å². The number of aliphatic hydroxyl groups excluding tert-OH is 1. The third kappa shape index (κ3) is 1.54. The molecule has 0 unspecified atom stereocenters. The number of hydrogen-bond donors (Lipinski definition) is 2. The highest BCUT2D eigenvalue weighted by Gasteiger charge is 2.19. The van der Waals surface area contributed by atoms with Crippen LogP contribution in [-0.2, 0) is 6.61 Å². The lowest BCUT2D eigenvalue weighted by molar-refractivity contribution is 0.282. The smallest absolute Gasteiger partial charge is 0.0701 e. The van der Waals surface area contributed by atoms with Crippen molar-refractivity contribution < 1.29 is 5.11 Å². The number of anilines is 1. The lowest BCUT2D eigenvalue weighted by Gasteiger charge is -2.26. The second-order valence-corrected chi connectivity index (χ2v) is 3.74. The Morgan fingerprint density at radius 3 is 2.62 bits per heavy atom. The van der Waals surface area contributed by atoms with E-state index in [9.17, 15) is 0 Å². The summed E-state index contributed by atoms with van der Waals surface area (Å²) in [6.45, 7) is 0.0385. The predicted molar refractivity (Wildman–Crippen MR) is 53.4 cm³/mol. The summed E-state index contributed by atoms with van der Waals surface area (Å²) in [7, 11) is 0. The average Bonchev–Trinajstić information content (AvgIpc) is 2.01. The van der Waals surface area contributed by atoms with Gasteiger partial charge in [0.05, 0.1) is 6.61 Å². The SMILES string of the molecule is Nc1cc(C2CCC2)ccc1CO. The molecule has 2 nitrogen and oxygen atoms in total. The van der Waals surface area contributed by atoms with Crippen molar-refractivity contribution >= 4 is 5.69 Å². The first-order chi connectivity index (χ1) is 6.31. The molecule has 0 atom stereocenters. The Morgan fingerprint density at radius 2 is 2.15 bits per heavy atom. The summed E-state index contributed by atoms with van der Waals surface area (Å²) in [4.78, 5) is 0. The van der Waals surface area contributed by atoms with Crippen molar-refractivity contribution in [3.05, 3.63) is 29.3 Å². The van der Waals surface area contributed by atoms with Crippen LogP contribution >= 0.6 is 0 Å². The first-order valence-electron chi connectivity index (χ1n) is 4.80. The van der Waals surface area contributed by atoms with Gasteiger partial charge in [0.15, 0.2) is 0 Å². The van der Waals surface area contributed by atoms with Gasteiger partial charge in [-0.25, -0.2) is 0 Å². The van der Waals surface area contributed by atoms with Crippen LogP contribution in [0.4, 0.5) is 5.69 Å². The molecule has 2 heteroatoms. The van der Waals surface area contributed by atoms with Gasteiger partial charge in [-0.1, -0.05) is 18.6 Å². The van der Waals surface area contributed by atoms with E-state index in [0.717, 1.165) is 17.2 Å². The fourth-order valence-electron chi connectivity index (χ4n) is 1.75. The van der Waals surface area contributed by atoms with E-state index in [-0.39, 0.29) is 6.61 Å². The minimum absolute atomic E-state index is 0.0385. The number of benzene rings is 1. The lowest BCUT2D eigenvalue weighted by atomic mass is 9.80. The van der Waals surface area contributed by atoms with Gasteiger partial charge >= 0.3 is 0 Å². The second kappa shape index (κ2) is 3.38. The summed E-state index contributed by atoms with van der Waals surface area (Å²) in [6, 6.07) is 6.03. The Morgan fingerprint density at radius 1 is 1.38 bits per heavy atom. The third-order valence-corrected chi connectivity index (χ3v) is 2.92. The molecular formula is C11H15NO. The molecule has 0 aromatic heterocycles. The van der Waals surface area contributed by atoms with Crippen LogP contribution in [0.1, 0.15) is 36.3 Å². The van der Waals surface area contributed by atoms with Crippen LogP contribution in [-0.4, -0.2) is 5.11 Å². The van der Waals surface area contributed by atoms with Crippen molar-refractivity contribution in [2.45, 2.75) is 31.8 Å². The first kappa shape index (κ1) is 8.57. The highest BCUT2D eigenvalue weighted by atomic mass is 16.3. The summed E-state index contributed by atoms with van der Waals surface area (Å²) in [6.07, 6.45) is 3.92. The van der Waals surface area contributed by atoms with Gasteiger partial charge in [-0.05, 0) is 30.4 Å². The van der Waals surface area contributed by atoms with Crippen molar-refractivity contribution in [3.8, 4) is 0 Å². The van der Waals surface area contributed by atoms with Crippen molar-refractivity contribution in [2.75, 3.05) is 5.73 Å². The molecule has 1 saturated carbocycles. The maximum atomic E-state index is 8.94. The van der Waals surface area contributed by atoms with Crippen molar-refractivity contribution in [2.24, 2.45) is 0 Å². The number of hydrogen-bond acceptors (Lipinski definition) is 2. The lowest BCUT2D eigenvalue weighted by Crippen LogP contribution is -2.09. The topological polar surface area (TPSA) is 46.2 Å². The third-order valence-electron chi connectivity index (χ3n) is 2.92. The van der Waals surface area contributed by atoms with Crippen LogP contribution in [0.25, 0.3) is 0 Å². The molecule has 0 amide bonds. The highest BCUT2D eigenvalue weighted by Crippen LogP contribution is 2.37. The zero-order chi connectivity index (χ0) is 9.26. The largest absolute Gasteiger partial charge is 0.398 e. The molecule has 0 heterocycles. The number of nitrogen functional groups attached to an aromatic ring is 1. The van der Waals surface area contributed by atoms with E-state index in [1.54, 1.807) is 0 Å².